The van der Waals surface area contributed by atoms with Gasteiger partial charge in [0.1, 0.15) is 17.3 Å². The molecule has 6 heteroatoms. The van der Waals surface area contributed by atoms with Crippen molar-refractivity contribution in [2.75, 3.05) is 12.8 Å². The van der Waals surface area contributed by atoms with Crippen molar-refractivity contribution >= 4 is 11.7 Å². The Morgan fingerprint density at radius 1 is 1.37 bits per heavy atom. The maximum Gasteiger partial charge on any atom is 0.271 e. The van der Waals surface area contributed by atoms with E-state index in [2.05, 4.69) is 15.3 Å². The van der Waals surface area contributed by atoms with Crippen molar-refractivity contribution in [3.8, 4) is 5.75 Å². The van der Waals surface area contributed by atoms with Gasteiger partial charge in [-0.3, -0.25) is 4.79 Å². The number of hydrogen-bond donors (Lipinski definition) is 2. The van der Waals surface area contributed by atoms with Crippen LogP contribution in [0.5, 0.6) is 5.75 Å². The van der Waals surface area contributed by atoms with Crippen LogP contribution in [0.2, 0.25) is 0 Å². The molecule has 0 aliphatic rings. The smallest absolute Gasteiger partial charge is 0.271 e. The van der Waals surface area contributed by atoms with Crippen molar-refractivity contribution < 1.29 is 9.53 Å². The number of methoxy groups -OCH3 is 1. The lowest BCUT2D eigenvalue weighted by Gasteiger charge is -2.06. The number of hydrogen-bond acceptors (Lipinski definition) is 5. The predicted octanol–water partition coefficient (Wildman–Crippen LogP) is 0.997. The van der Waals surface area contributed by atoms with Crippen molar-refractivity contribution in [2.24, 2.45) is 0 Å². The zero-order valence-electron chi connectivity index (χ0n) is 10.5. The van der Waals surface area contributed by atoms with Crippen molar-refractivity contribution in [1.29, 1.82) is 0 Å². The van der Waals surface area contributed by atoms with Gasteiger partial charge in [0, 0.05) is 6.54 Å². The third-order valence-corrected chi connectivity index (χ3v) is 2.49. The van der Waals surface area contributed by atoms with E-state index in [1.807, 2.05) is 24.3 Å². The van der Waals surface area contributed by atoms with E-state index in [0.717, 1.165) is 11.3 Å². The molecule has 0 radical (unpaired) electrons. The maximum absolute atomic E-state index is 11.8. The Balaban J connectivity index is 1.98. The van der Waals surface area contributed by atoms with Gasteiger partial charge in [-0.25, -0.2) is 9.97 Å². The van der Waals surface area contributed by atoms with E-state index < -0.39 is 0 Å². The Bertz CT molecular complexity index is 569. The molecule has 2 rings (SSSR count). The summed E-state index contributed by atoms with van der Waals surface area (Å²) in [6, 6.07) is 7.46. The number of aromatic nitrogens is 2. The first kappa shape index (κ1) is 12.8. The van der Waals surface area contributed by atoms with E-state index in [1.165, 1.54) is 12.4 Å². The first-order chi connectivity index (χ1) is 9.19. The van der Waals surface area contributed by atoms with Crippen molar-refractivity contribution in [3.05, 3.63) is 47.9 Å². The van der Waals surface area contributed by atoms with E-state index in [-0.39, 0.29) is 17.4 Å². The number of rotatable bonds is 4. The van der Waals surface area contributed by atoms with E-state index in [1.54, 1.807) is 7.11 Å². The minimum Gasteiger partial charge on any atom is -0.497 e. The van der Waals surface area contributed by atoms with Crippen LogP contribution in [0.15, 0.2) is 36.7 Å². The molecule has 1 amide bonds. The van der Waals surface area contributed by atoms with Gasteiger partial charge in [0.05, 0.1) is 19.5 Å². The fourth-order valence-corrected chi connectivity index (χ4v) is 1.51. The molecule has 3 N–H and O–H groups in total. The lowest BCUT2D eigenvalue weighted by molar-refractivity contribution is 0.0945. The van der Waals surface area contributed by atoms with Crippen LogP contribution in [0.25, 0.3) is 0 Å². The summed E-state index contributed by atoms with van der Waals surface area (Å²) in [7, 11) is 1.60. The third kappa shape index (κ3) is 3.41. The average molecular weight is 258 g/mol. The molecule has 1 aromatic heterocycles. The molecule has 0 atom stereocenters. The molecular formula is C13H14N4O2. The molecule has 0 unspecified atom stereocenters. The highest BCUT2D eigenvalue weighted by Gasteiger charge is 2.07. The van der Waals surface area contributed by atoms with Crippen molar-refractivity contribution in [3.63, 3.8) is 0 Å². The van der Waals surface area contributed by atoms with Gasteiger partial charge in [-0.05, 0) is 17.7 Å². The van der Waals surface area contributed by atoms with Gasteiger partial charge in [0.2, 0.25) is 0 Å². The SMILES string of the molecule is COc1cccc(CNC(=O)c2cnc(N)cn2)c1. The zero-order valence-corrected chi connectivity index (χ0v) is 10.5. The minimum atomic E-state index is -0.296. The van der Waals surface area contributed by atoms with Crippen molar-refractivity contribution in [2.45, 2.75) is 6.54 Å². The standard InChI is InChI=1S/C13H14N4O2/c1-19-10-4-2-3-9(5-10)6-17-13(18)11-7-16-12(14)8-15-11/h2-5,7-8H,6H2,1H3,(H2,14,16)(H,17,18). The summed E-state index contributed by atoms with van der Waals surface area (Å²) in [6.07, 6.45) is 2.69. The summed E-state index contributed by atoms with van der Waals surface area (Å²) < 4.78 is 5.11. The second kappa shape index (κ2) is 5.81. The summed E-state index contributed by atoms with van der Waals surface area (Å²) in [5, 5.41) is 2.75. The van der Waals surface area contributed by atoms with Gasteiger partial charge < -0.3 is 15.8 Å². The summed E-state index contributed by atoms with van der Waals surface area (Å²) >= 11 is 0. The van der Waals surface area contributed by atoms with E-state index in [9.17, 15) is 4.79 Å². The Kier molecular flexibility index (Phi) is 3.92. The van der Waals surface area contributed by atoms with Gasteiger partial charge in [-0.15, -0.1) is 0 Å². The third-order valence-electron chi connectivity index (χ3n) is 2.49. The Hall–Kier alpha value is -2.63. The number of carbonyl (C=O) groups is 1. The molecule has 2 aromatic rings. The second-order valence-corrected chi connectivity index (χ2v) is 3.86. The molecule has 19 heavy (non-hydrogen) atoms. The Morgan fingerprint density at radius 2 is 2.21 bits per heavy atom. The fraction of sp³-hybridized carbons (Fsp3) is 0.154. The molecule has 0 spiro atoms. The van der Waals surface area contributed by atoms with Gasteiger partial charge in [0.15, 0.2) is 0 Å². The summed E-state index contributed by atoms with van der Waals surface area (Å²) in [4.78, 5) is 19.5. The molecule has 98 valence electrons. The van der Waals surface area contributed by atoms with Crippen LogP contribution in [-0.4, -0.2) is 23.0 Å². The molecule has 0 saturated carbocycles. The predicted molar refractivity (Wildman–Crippen MR) is 70.6 cm³/mol. The number of anilines is 1. The molecule has 6 nitrogen and oxygen atoms in total. The average Bonchev–Trinajstić information content (AvgIpc) is 2.46. The zero-order chi connectivity index (χ0) is 13.7. The molecule has 0 bridgehead atoms. The number of amides is 1. The maximum atomic E-state index is 11.8. The largest absolute Gasteiger partial charge is 0.497 e. The van der Waals surface area contributed by atoms with Crippen LogP contribution in [0.4, 0.5) is 5.82 Å². The number of nitrogens with one attached hydrogen (secondary N) is 1. The number of nitrogen functional groups attached to an aromatic ring is 1. The second-order valence-electron chi connectivity index (χ2n) is 3.86. The fourth-order valence-electron chi connectivity index (χ4n) is 1.51. The number of nitrogens with two attached hydrogens (primary N) is 1. The van der Waals surface area contributed by atoms with Crippen LogP contribution >= 0.6 is 0 Å². The van der Waals surface area contributed by atoms with Crippen LogP contribution < -0.4 is 15.8 Å². The molecule has 0 fully saturated rings. The highest BCUT2D eigenvalue weighted by atomic mass is 16.5. The van der Waals surface area contributed by atoms with Gasteiger partial charge in [-0.1, -0.05) is 12.1 Å². The number of nitrogens with zero attached hydrogens (tertiary/aromatic N) is 2. The van der Waals surface area contributed by atoms with E-state index >= 15 is 0 Å². The first-order valence-corrected chi connectivity index (χ1v) is 5.67. The minimum absolute atomic E-state index is 0.233. The van der Waals surface area contributed by atoms with Gasteiger partial charge >= 0.3 is 0 Å². The van der Waals surface area contributed by atoms with Crippen molar-refractivity contribution in [1.82, 2.24) is 15.3 Å². The summed E-state index contributed by atoms with van der Waals surface area (Å²) in [6.45, 7) is 0.391. The van der Waals surface area contributed by atoms with Crippen LogP contribution in [0, 0.1) is 0 Å². The molecule has 0 aliphatic carbocycles. The first-order valence-electron chi connectivity index (χ1n) is 5.67. The normalized spacial score (nSPS) is 9.95. The highest BCUT2D eigenvalue weighted by Crippen LogP contribution is 2.12. The Morgan fingerprint density at radius 3 is 2.89 bits per heavy atom. The number of benzene rings is 1. The molecule has 1 heterocycles. The van der Waals surface area contributed by atoms with Crippen LogP contribution in [0.1, 0.15) is 16.1 Å². The summed E-state index contributed by atoms with van der Waals surface area (Å²) in [5.74, 6) is 0.735. The topological polar surface area (TPSA) is 90.1 Å². The quantitative estimate of drug-likeness (QED) is 0.853. The van der Waals surface area contributed by atoms with Crippen LogP contribution in [-0.2, 0) is 6.54 Å². The van der Waals surface area contributed by atoms with Gasteiger partial charge in [0.25, 0.3) is 5.91 Å². The molecule has 0 aliphatic heterocycles. The van der Waals surface area contributed by atoms with Crippen LogP contribution in [0.3, 0.4) is 0 Å². The molecule has 0 saturated heterocycles. The van der Waals surface area contributed by atoms with E-state index in [4.69, 9.17) is 10.5 Å². The van der Waals surface area contributed by atoms with Gasteiger partial charge in [-0.2, -0.15) is 0 Å². The number of carbonyl (C=O) groups excluding carboxylic acids is 1. The lowest BCUT2D eigenvalue weighted by Crippen LogP contribution is -2.24. The number of ether oxygens (including phenoxy) is 1. The highest BCUT2D eigenvalue weighted by molar-refractivity contribution is 5.91. The monoisotopic (exact) mass is 258 g/mol. The van der Waals surface area contributed by atoms with E-state index in [0.29, 0.717) is 6.54 Å². The molecule has 1 aromatic carbocycles. The molecular weight excluding hydrogens is 244 g/mol. The Labute approximate surface area is 110 Å². The lowest BCUT2D eigenvalue weighted by atomic mass is 10.2. The summed E-state index contributed by atoms with van der Waals surface area (Å²) in [5.41, 5.74) is 6.58.